The number of ketones is 1. The van der Waals surface area contributed by atoms with Crippen LogP contribution in [0.3, 0.4) is 0 Å². The number of thiophene rings is 1. The fraction of sp³-hybridized carbons (Fsp3) is 0.364. The van der Waals surface area contributed by atoms with Gasteiger partial charge in [0.15, 0.2) is 5.78 Å². The van der Waals surface area contributed by atoms with Crippen molar-refractivity contribution in [3.05, 3.63) is 34.2 Å². The molecule has 0 unspecified atom stereocenters. The van der Waals surface area contributed by atoms with Crippen molar-refractivity contribution in [2.24, 2.45) is 0 Å². The zero-order chi connectivity index (χ0) is 9.80. The van der Waals surface area contributed by atoms with Crippen molar-refractivity contribution in [1.82, 2.24) is 0 Å². The van der Waals surface area contributed by atoms with Crippen LogP contribution < -0.4 is 0 Å². The molecule has 14 heavy (non-hydrogen) atoms. The third kappa shape index (κ3) is 2.45. The first-order valence-electron chi connectivity index (χ1n) is 4.73. The molecule has 0 saturated carbocycles. The lowest BCUT2D eigenvalue weighted by atomic mass is 10.1. The highest BCUT2D eigenvalue weighted by Gasteiger charge is 2.10. The first-order valence-corrected chi connectivity index (χ1v) is 5.61. The largest absolute Gasteiger partial charge is 0.492 e. The Morgan fingerprint density at radius 2 is 2.36 bits per heavy atom. The predicted molar refractivity (Wildman–Crippen MR) is 56.0 cm³/mol. The molecule has 1 aromatic rings. The monoisotopic (exact) mass is 208 g/mol. The molecule has 0 aromatic carbocycles. The third-order valence-corrected chi connectivity index (χ3v) is 3.00. The molecule has 3 heteroatoms. The van der Waals surface area contributed by atoms with E-state index < -0.39 is 0 Å². The van der Waals surface area contributed by atoms with Crippen molar-refractivity contribution in [2.45, 2.75) is 25.9 Å². The molecule has 0 saturated heterocycles. The summed E-state index contributed by atoms with van der Waals surface area (Å²) in [5.74, 6) is 1.03. The standard InChI is InChI=1S/C11H12O2S/c12-9-3-1-4-10(7-9)13-8-11-5-2-6-14-11/h2,5-7H,1,3-4,8H2. The maximum Gasteiger partial charge on any atom is 0.159 e. The Kier molecular flexibility index (Phi) is 2.99. The average Bonchev–Trinajstić information content (AvgIpc) is 2.67. The smallest absolute Gasteiger partial charge is 0.159 e. The van der Waals surface area contributed by atoms with Crippen LogP contribution in [0.1, 0.15) is 24.1 Å². The van der Waals surface area contributed by atoms with Gasteiger partial charge in [0.1, 0.15) is 12.4 Å². The fourth-order valence-corrected chi connectivity index (χ4v) is 2.05. The minimum absolute atomic E-state index is 0.192. The normalized spacial score (nSPS) is 16.6. The molecule has 0 radical (unpaired) electrons. The molecule has 0 aliphatic heterocycles. The van der Waals surface area contributed by atoms with E-state index in [1.807, 2.05) is 17.5 Å². The van der Waals surface area contributed by atoms with Crippen LogP contribution in [-0.4, -0.2) is 5.78 Å². The highest BCUT2D eigenvalue weighted by atomic mass is 32.1. The van der Waals surface area contributed by atoms with E-state index >= 15 is 0 Å². The number of carbonyl (C=O) groups is 1. The lowest BCUT2D eigenvalue weighted by Gasteiger charge is -2.12. The molecular formula is C11H12O2S. The zero-order valence-corrected chi connectivity index (χ0v) is 8.68. The minimum atomic E-state index is 0.192. The summed E-state index contributed by atoms with van der Waals surface area (Å²) in [4.78, 5) is 12.3. The van der Waals surface area contributed by atoms with Gasteiger partial charge in [0, 0.05) is 23.8 Å². The van der Waals surface area contributed by atoms with Crippen molar-refractivity contribution in [1.29, 1.82) is 0 Å². The molecule has 1 aliphatic carbocycles. The second-order valence-electron chi connectivity index (χ2n) is 3.30. The van der Waals surface area contributed by atoms with Crippen LogP contribution in [0, 0.1) is 0 Å². The quantitative estimate of drug-likeness (QED) is 0.763. The van der Waals surface area contributed by atoms with Crippen LogP contribution >= 0.6 is 11.3 Å². The Morgan fingerprint density at radius 3 is 3.07 bits per heavy atom. The highest BCUT2D eigenvalue weighted by Crippen LogP contribution is 2.19. The minimum Gasteiger partial charge on any atom is -0.492 e. The van der Waals surface area contributed by atoms with Gasteiger partial charge in [-0.2, -0.15) is 0 Å². The van der Waals surface area contributed by atoms with Gasteiger partial charge < -0.3 is 4.74 Å². The third-order valence-electron chi connectivity index (χ3n) is 2.15. The molecule has 0 spiro atoms. The summed E-state index contributed by atoms with van der Waals surface area (Å²) >= 11 is 1.68. The summed E-state index contributed by atoms with van der Waals surface area (Å²) in [6.07, 6.45) is 4.13. The van der Waals surface area contributed by atoms with Gasteiger partial charge in [-0.15, -0.1) is 11.3 Å². The summed E-state index contributed by atoms with van der Waals surface area (Å²) in [5.41, 5.74) is 0. The number of hydrogen-bond donors (Lipinski definition) is 0. The Balaban J connectivity index is 1.89. The molecule has 0 amide bonds. The first-order chi connectivity index (χ1) is 6.84. The topological polar surface area (TPSA) is 26.3 Å². The van der Waals surface area contributed by atoms with Crippen LogP contribution in [0.2, 0.25) is 0 Å². The van der Waals surface area contributed by atoms with E-state index in [4.69, 9.17) is 4.74 Å². The average molecular weight is 208 g/mol. The van der Waals surface area contributed by atoms with Gasteiger partial charge in [-0.05, 0) is 17.9 Å². The maximum atomic E-state index is 11.1. The molecule has 1 aromatic heterocycles. The SMILES string of the molecule is O=C1C=C(OCc2cccs2)CCC1. The van der Waals surface area contributed by atoms with E-state index in [9.17, 15) is 4.79 Å². The van der Waals surface area contributed by atoms with E-state index in [1.165, 1.54) is 4.88 Å². The van der Waals surface area contributed by atoms with Gasteiger partial charge in [-0.25, -0.2) is 0 Å². The molecule has 74 valence electrons. The van der Waals surface area contributed by atoms with Crippen LogP contribution in [0.25, 0.3) is 0 Å². The molecule has 0 bridgehead atoms. The lowest BCUT2D eigenvalue weighted by molar-refractivity contribution is -0.115. The van der Waals surface area contributed by atoms with Crippen molar-refractivity contribution in [3.8, 4) is 0 Å². The summed E-state index contributed by atoms with van der Waals surface area (Å²) in [7, 11) is 0. The Labute approximate surface area is 87.2 Å². The summed E-state index contributed by atoms with van der Waals surface area (Å²) in [5, 5.41) is 2.03. The fourth-order valence-electron chi connectivity index (χ4n) is 1.43. The first kappa shape index (κ1) is 9.46. The molecule has 0 atom stereocenters. The summed E-state index contributed by atoms with van der Waals surface area (Å²) in [6.45, 7) is 0.594. The van der Waals surface area contributed by atoms with Crippen molar-refractivity contribution >= 4 is 17.1 Å². The number of rotatable bonds is 3. The van der Waals surface area contributed by atoms with Crippen molar-refractivity contribution in [3.63, 3.8) is 0 Å². The van der Waals surface area contributed by atoms with E-state index in [1.54, 1.807) is 17.4 Å². The van der Waals surface area contributed by atoms with Crippen LogP contribution in [0.5, 0.6) is 0 Å². The lowest BCUT2D eigenvalue weighted by Crippen LogP contribution is -2.04. The number of hydrogen-bond acceptors (Lipinski definition) is 3. The Bertz CT molecular complexity index is 338. The van der Waals surface area contributed by atoms with E-state index in [2.05, 4.69) is 0 Å². The molecule has 2 nitrogen and oxygen atoms in total. The van der Waals surface area contributed by atoms with Gasteiger partial charge >= 0.3 is 0 Å². The van der Waals surface area contributed by atoms with Crippen LogP contribution in [-0.2, 0) is 16.1 Å². The second kappa shape index (κ2) is 4.42. The highest BCUT2D eigenvalue weighted by molar-refractivity contribution is 7.09. The molecule has 2 rings (SSSR count). The van der Waals surface area contributed by atoms with Gasteiger partial charge in [0.05, 0.1) is 0 Å². The predicted octanol–water partition coefficient (Wildman–Crippen LogP) is 2.90. The van der Waals surface area contributed by atoms with Crippen LogP contribution in [0.15, 0.2) is 29.3 Å². The number of allylic oxidation sites excluding steroid dienone is 2. The molecule has 0 fully saturated rings. The Morgan fingerprint density at radius 1 is 1.43 bits per heavy atom. The Hall–Kier alpha value is -1.09. The van der Waals surface area contributed by atoms with Crippen molar-refractivity contribution < 1.29 is 9.53 Å². The van der Waals surface area contributed by atoms with Crippen LogP contribution in [0.4, 0.5) is 0 Å². The number of carbonyl (C=O) groups excluding carboxylic acids is 1. The molecule has 1 aliphatic rings. The van der Waals surface area contributed by atoms with E-state index in [-0.39, 0.29) is 5.78 Å². The zero-order valence-electron chi connectivity index (χ0n) is 7.86. The van der Waals surface area contributed by atoms with E-state index in [0.717, 1.165) is 18.6 Å². The molecule has 1 heterocycles. The van der Waals surface area contributed by atoms with E-state index in [0.29, 0.717) is 13.0 Å². The van der Waals surface area contributed by atoms with Gasteiger partial charge in [-0.1, -0.05) is 6.07 Å². The molecule has 0 N–H and O–H groups in total. The summed E-state index contributed by atoms with van der Waals surface area (Å²) in [6, 6.07) is 4.04. The molecular weight excluding hydrogens is 196 g/mol. The summed E-state index contributed by atoms with van der Waals surface area (Å²) < 4.78 is 5.55. The van der Waals surface area contributed by atoms with Crippen molar-refractivity contribution in [2.75, 3.05) is 0 Å². The van der Waals surface area contributed by atoms with Gasteiger partial charge in [0.25, 0.3) is 0 Å². The second-order valence-corrected chi connectivity index (χ2v) is 4.33. The number of ether oxygens (including phenoxy) is 1. The maximum absolute atomic E-state index is 11.1. The van der Waals surface area contributed by atoms with Gasteiger partial charge in [0.2, 0.25) is 0 Å². The van der Waals surface area contributed by atoms with Gasteiger partial charge in [-0.3, -0.25) is 4.79 Å².